The average Bonchev–Trinajstić information content (AvgIpc) is 3.16. The summed E-state index contributed by atoms with van der Waals surface area (Å²) in [6.45, 7) is 7.78. The maximum absolute atomic E-state index is 12.9. The van der Waals surface area contributed by atoms with Crippen LogP contribution in [0, 0.1) is 6.92 Å². The molecule has 3 fully saturated rings. The topological polar surface area (TPSA) is 87.9 Å². The standard InChI is InChI=1S/C25H31NO6/c1-16-20(22(28)31-23(2,3)4)21(32-26-16)24-10-12-25(13-11-24,30-15-24)18-8-6-17(7-9-18)14-19(27)29-5/h6-9H,10-15H2,1-5H3. The lowest BCUT2D eigenvalue weighted by Gasteiger charge is -2.52. The van der Waals surface area contributed by atoms with Crippen molar-refractivity contribution < 1.29 is 28.3 Å². The van der Waals surface area contributed by atoms with Crippen LogP contribution < -0.4 is 0 Å². The highest BCUT2D eigenvalue weighted by molar-refractivity contribution is 5.92. The van der Waals surface area contributed by atoms with Crippen LogP contribution in [-0.2, 0) is 36.4 Å². The van der Waals surface area contributed by atoms with Gasteiger partial charge in [0, 0.05) is 0 Å². The van der Waals surface area contributed by atoms with Gasteiger partial charge in [0.15, 0.2) is 5.76 Å². The number of rotatable bonds is 5. The van der Waals surface area contributed by atoms with E-state index in [0.717, 1.165) is 36.8 Å². The molecule has 1 aromatic heterocycles. The monoisotopic (exact) mass is 441 g/mol. The van der Waals surface area contributed by atoms with Gasteiger partial charge in [-0.3, -0.25) is 4.79 Å². The Hall–Kier alpha value is -2.67. The van der Waals surface area contributed by atoms with Crippen LogP contribution in [0.25, 0.3) is 0 Å². The molecule has 5 rings (SSSR count). The van der Waals surface area contributed by atoms with Gasteiger partial charge in [0.25, 0.3) is 0 Å². The Morgan fingerprint density at radius 3 is 2.28 bits per heavy atom. The zero-order valence-corrected chi connectivity index (χ0v) is 19.4. The number of aryl methyl sites for hydroxylation is 1. The van der Waals surface area contributed by atoms with Crippen LogP contribution >= 0.6 is 0 Å². The van der Waals surface area contributed by atoms with E-state index < -0.39 is 11.6 Å². The summed E-state index contributed by atoms with van der Waals surface area (Å²) in [7, 11) is 1.39. The highest BCUT2D eigenvalue weighted by Gasteiger charge is 2.54. The quantitative estimate of drug-likeness (QED) is 0.636. The average molecular weight is 442 g/mol. The SMILES string of the molecule is COC(=O)Cc1ccc(C23CCC(c4onc(C)c4C(=O)OC(C)(C)C)(CC2)CO3)cc1. The van der Waals surface area contributed by atoms with E-state index in [-0.39, 0.29) is 23.4 Å². The van der Waals surface area contributed by atoms with Gasteiger partial charge in [0.1, 0.15) is 11.2 Å². The largest absolute Gasteiger partial charge is 0.469 e. The van der Waals surface area contributed by atoms with Gasteiger partial charge in [-0.15, -0.1) is 0 Å². The lowest BCUT2D eigenvalue weighted by Crippen LogP contribution is -2.52. The molecule has 2 aliphatic heterocycles. The molecule has 2 bridgehead atoms. The minimum atomic E-state index is -0.597. The summed E-state index contributed by atoms with van der Waals surface area (Å²) >= 11 is 0. The summed E-state index contributed by atoms with van der Waals surface area (Å²) in [5.74, 6) is -0.0642. The first-order valence-corrected chi connectivity index (χ1v) is 11.1. The second kappa shape index (κ2) is 8.03. The molecule has 32 heavy (non-hydrogen) atoms. The lowest BCUT2D eigenvalue weighted by atomic mass is 9.62. The number of fused-ring (bicyclic) bond motifs is 3. The molecule has 0 unspecified atom stereocenters. The summed E-state index contributed by atoms with van der Waals surface area (Å²) in [6, 6.07) is 8.01. The number of carbonyl (C=O) groups is 2. The second-order valence-corrected chi connectivity index (χ2v) is 9.99. The van der Waals surface area contributed by atoms with Crippen LogP contribution in [0.2, 0.25) is 0 Å². The summed E-state index contributed by atoms with van der Waals surface area (Å²) in [5.41, 5.74) is 1.68. The van der Waals surface area contributed by atoms with E-state index >= 15 is 0 Å². The minimum absolute atomic E-state index is 0.254. The molecular formula is C25H31NO6. The molecule has 0 radical (unpaired) electrons. The fraction of sp³-hybridized carbons (Fsp3) is 0.560. The van der Waals surface area contributed by atoms with Crippen molar-refractivity contribution >= 4 is 11.9 Å². The molecule has 172 valence electrons. The molecule has 0 N–H and O–H groups in total. The third-order valence-corrected chi connectivity index (χ3v) is 6.64. The Labute approximate surface area is 188 Å². The molecule has 1 saturated carbocycles. The molecule has 0 atom stereocenters. The van der Waals surface area contributed by atoms with Crippen molar-refractivity contribution in [3.05, 3.63) is 52.4 Å². The molecular weight excluding hydrogens is 410 g/mol. The Balaban J connectivity index is 1.54. The lowest BCUT2D eigenvalue weighted by molar-refractivity contribution is -0.167. The molecule has 2 saturated heterocycles. The van der Waals surface area contributed by atoms with Crippen molar-refractivity contribution in [3.63, 3.8) is 0 Å². The number of aromatic nitrogens is 1. The third kappa shape index (κ3) is 4.06. The normalized spacial score (nSPS) is 24.9. The number of benzene rings is 1. The number of methoxy groups -OCH3 is 1. The Bertz CT molecular complexity index is 990. The van der Waals surface area contributed by atoms with E-state index in [0.29, 0.717) is 23.6 Å². The molecule has 7 heteroatoms. The maximum Gasteiger partial charge on any atom is 0.344 e. The number of esters is 2. The summed E-state index contributed by atoms with van der Waals surface area (Å²) in [6.07, 6.45) is 3.56. The first-order chi connectivity index (χ1) is 15.1. The molecule has 3 heterocycles. The van der Waals surface area contributed by atoms with Crippen molar-refractivity contribution in [1.29, 1.82) is 0 Å². The van der Waals surface area contributed by atoms with Crippen LogP contribution in [-0.4, -0.2) is 36.4 Å². The highest BCUT2D eigenvalue weighted by atomic mass is 16.6. The number of nitrogens with zero attached hydrogens (tertiary/aromatic N) is 1. The predicted molar refractivity (Wildman–Crippen MR) is 116 cm³/mol. The van der Waals surface area contributed by atoms with E-state index in [2.05, 4.69) is 5.16 Å². The van der Waals surface area contributed by atoms with Crippen molar-refractivity contribution in [2.45, 2.75) is 76.4 Å². The molecule has 7 nitrogen and oxygen atoms in total. The van der Waals surface area contributed by atoms with E-state index in [9.17, 15) is 9.59 Å². The summed E-state index contributed by atoms with van der Waals surface area (Å²) in [4.78, 5) is 24.4. The van der Waals surface area contributed by atoms with Crippen molar-refractivity contribution in [2.24, 2.45) is 0 Å². The van der Waals surface area contributed by atoms with Gasteiger partial charge < -0.3 is 18.7 Å². The van der Waals surface area contributed by atoms with E-state index in [4.69, 9.17) is 18.7 Å². The Kier molecular flexibility index (Phi) is 5.65. The van der Waals surface area contributed by atoms with E-state index in [1.54, 1.807) is 6.92 Å². The van der Waals surface area contributed by atoms with Crippen molar-refractivity contribution in [3.8, 4) is 0 Å². The molecule has 1 aromatic carbocycles. The smallest absolute Gasteiger partial charge is 0.344 e. The summed E-state index contributed by atoms with van der Waals surface area (Å²) in [5, 5.41) is 4.10. The molecule has 2 aromatic rings. The van der Waals surface area contributed by atoms with E-state index in [1.165, 1.54) is 7.11 Å². The fourth-order valence-corrected chi connectivity index (χ4v) is 4.83. The van der Waals surface area contributed by atoms with Gasteiger partial charge in [0.05, 0.1) is 36.8 Å². The first kappa shape index (κ1) is 22.5. The zero-order chi connectivity index (χ0) is 23.1. The van der Waals surface area contributed by atoms with E-state index in [1.807, 2.05) is 45.0 Å². The van der Waals surface area contributed by atoms with Crippen LogP contribution in [0.4, 0.5) is 0 Å². The van der Waals surface area contributed by atoms with Crippen LogP contribution in [0.3, 0.4) is 0 Å². The third-order valence-electron chi connectivity index (χ3n) is 6.64. The number of ether oxygens (including phenoxy) is 3. The zero-order valence-electron chi connectivity index (χ0n) is 19.4. The second-order valence-electron chi connectivity index (χ2n) is 9.99. The van der Waals surface area contributed by atoms with Crippen molar-refractivity contribution in [2.75, 3.05) is 13.7 Å². The van der Waals surface area contributed by atoms with Gasteiger partial charge in [-0.1, -0.05) is 29.4 Å². The van der Waals surface area contributed by atoms with Crippen LogP contribution in [0.1, 0.15) is 79.4 Å². The first-order valence-electron chi connectivity index (χ1n) is 11.1. The number of carbonyl (C=O) groups excluding carboxylic acids is 2. The molecule has 0 amide bonds. The maximum atomic E-state index is 12.9. The highest BCUT2D eigenvalue weighted by Crippen LogP contribution is 2.55. The van der Waals surface area contributed by atoms with Gasteiger partial charge in [-0.05, 0) is 64.5 Å². The Morgan fingerprint density at radius 2 is 1.75 bits per heavy atom. The Morgan fingerprint density at radius 1 is 1.09 bits per heavy atom. The molecule has 3 aliphatic rings. The van der Waals surface area contributed by atoms with Gasteiger partial charge in [-0.2, -0.15) is 0 Å². The summed E-state index contributed by atoms with van der Waals surface area (Å²) < 4.78 is 22.5. The van der Waals surface area contributed by atoms with Crippen LogP contribution in [0.15, 0.2) is 28.8 Å². The van der Waals surface area contributed by atoms with Gasteiger partial charge >= 0.3 is 11.9 Å². The number of hydrogen-bond acceptors (Lipinski definition) is 7. The fourth-order valence-electron chi connectivity index (χ4n) is 4.83. The van der Waals surface area contributed by atoms with Gasteiger partial charge in [0.2, 0.25) is 0 Å². The van der Waals surface area contributed by atoms with Gasteiger partial charge in [-0.25, -0.2) is 4.79 Å². The van der Waals surface area contributed by atoms with Crippen LogP contribution in [0.5, 0.6) is 0 Å². The van der Waals surface area contributed by atoms with Crippen molar-refractivity contribution in [1.82, 2.24) is 5.16 Å². The molecule has 0 spiro atoms. The number of hydrogen-bond donors (Lipinski definition) is 0. The minimum Gasteiger partial charge on any atom is -0.469 e. The predicted octanol–water partition coefficient (Wildman–Crippen LogP) is 4.39. The molecule has 1 aliphatic carbocycles.